The molecule has 0 aromatic heterocycles. The number of hydrogen-bond acceptors (Lipinski definition) is 8. The molecule has 9 heteroatoms. The highest BCUT2D eigenvalue weighted by Gasteiger charge is 2.32. The molecular formula is C23H29FO8. The van der Waals surface area contributed by atoms with Crippen LogP contribution in [0.25, 0.3) is 6.08 Å². The van der Waals surface area contributed by atoms with Crippen molar-refractivity contribution in [1.82, 2.24) is 0 Å². The number of ketones is 1. The normalized spacial score (nSPS) is 27.4. The molecule has 1 aliphatic rings. The van der Waals surface area contributed by atoms with Crippen LogP contribution < -0.4 is 9.47 Å². The summed E-state index contributed by atoms with van der Waals surface area (Å²) in [7, 11) is 4.14. The van der Waals surface area contributed by atoms with Gasteiger partial charge in [0.05, 0.1) is 13.2 Å². The molecular weight excluding hydrogens is 423 g/mol. The molecule has 1 aromatic carbocycles. The molecule has 1 aliphatic heterocycles. The highest BCUT2D eigenvalue weighted by atomic mass is 19.1. The van der Waals surface area contributed by atoms with Crippen LogP contribution in [-0.2, 0) is 19.0 Å². The number of carbonyl (C=O) groups is 2. The quantitative estimate of drug-likeness (QED) is 0.537. The fourth-order valence-corrected chi connectivity index (χ4v) is 3.16. The van der Waals surface area contributed by atoms with Crippen molar-refractivity contribution in [2.45, 2.75) is 38.6 Å². The van der Waals surface area contributed by atoms with Gasteiger partial charge >= 0.3 is 5.97 Å². The molecule has 2 rings (SSSR count). The summed E-state index contributed by atoms with van der Waals surface area (Å²) in [6.45, 7) is 3.08. The van der Waals surface area contributed by atoms with Crippen molar-refractivity contribution in [2.75, 3.05) is 28.1 Å². The van der Waals surface area contributed by atoms with Crippen molar-refractivity contribution in [2.24, 2.45) is 5.92 Å². The fraction of sp³-hybridized carbons (Fsp3) is 0.478. The number of benzene rings is 1. The zero-order chi connectivity index (χ0) is 23.8. The fourth-order valence-electron chi connectivity index (χ4n) is 3.16. The van der Waals surface area contributed by atoms with E-state index in [0.717, 1.165) is 6.08 Å². The molecule has 1 aromatic rings. The Bertz CT molecular complexity index is 879. The predicted molar refractivity (Wildman–Crippen MR) is 114 cm³/mol. The topological polar surface area (TPSA) is 101 Å². The van der Waals surface area contributed by atoms with E-state index in [-0.39, 0.29) is 24.5 Å². The van der Waals surface area contributed by atoms with Crippen LogP contribution >= 0.6 is 0 Å². The highest BCUT2D eigenvalue weighted by Crippen LogP contribution is 2.32. The molecule has 0 aliphatic carbocycles. The van der Waals surface area contributed by atoms with Gasteiger partial charge in [-0.25, -0.2) is 9.18 Å². The van der Waals surface area contributed by atoms with Crippen molar-refractivity contribution in [3.8, 4) is 11.5 Å². The molecule has 0 saturated carbocycles. The number of methoxy groups -OCH3 is 3. The smallest absolute Gasteiger partial charge is 0.342 e. The summed E-state index contributed by atoms with van der Waals surface area (Å²) < 4.78 is 40.7. The first-order chi connectivity index (χ1) is 15.2. The molecule has 1 N–H and O–H groups in total. The van der Waals surface area contributed by atoms with Gasteiger partial charge in [0.25, 0.3) is 0 Å². The van der Waals surface area contributed by atoms with Crippen LogP contribution in [0.5, 0.6) is 11.5 Å². The first-order valence-electron chi connectivity index (χ1n) is 10.1. The first kappa shape index (κ1) is 25.5. The minimum atomic E-state index is -1.39. The summed E-state index contributed by atoms with van der Waals surface area (Å²) >= 11 is 0. The molecule has 176 valence electrons. The van der Waals surface area contributed by atoms with E-state index in [4.69, 9.17) is 23.7 Å². The molecule has 4 atom stereocenters. The Hall–Kier alpha value is -2.75. The van der Waals surface area contributed by atoms with Gasteiger partial charge in [0.2, 0.25) is 5.78 Å². The van der Waals surface area contributed by atoms with Crippen LogP contribution in [0.4, 0.5) is 4.39 Å². The van der Waals surface area contributed by atoms with Gasteiger partial charge in [-0.2, -0.15) is 0 Å². The number of halogens is 1. The summed E-state index contributed by atoms with van der Waals surface area (Å²) in [5.74, 6) is -2.78. The van der Waals surface area contributed by atoms with Gasteiger partial charge in [-0.3, -0.25) is 4.79 Å². The van der Waals surface area contributed by atoms with E-state index in [2.05, 4.69) is 0 Å². The number of ether oxygens (including phenoxy) is 5. The van der Waals surface area contributed by atoms with E-state index < -0.39 is 41.8 Å². The largest absolute Gasteiger partial charge is 0.497 e. The van der Waals surface area contributed by atoms with Crippen LogP contribution in [0.2, 0.25) is 0 Å². The number of fused-ring (bicyclic) bond motifs is 1. The molecule has 0 radical (unpaired) electrons. The van der Waals surface area contributed by atoms with Gasteiger partial charge in [0, 0.05) is 32.6 Å². The number of esters is 1. The lowest BCUT2D eigenvalue weighted by atomic mass is 9.94. The summed E-state index contributed by atoms with van der Waals surface area (Å²) in [6.07, 6.45) is 0.649. The van der Waals surface area contributed by atoms with Gasteiger partial charge in [-0.15, -0.1) is 0 Å². The van der Waals surface area contributed by atoms with Gasteiger partial charge in [0.1, 0.15) is 29.3 Å². The van der Waals surface area contributed by atoms with E-state index in [1.165, 1.54) is 27.4 Å². The SMILES string of the molecule is COCOc1cc(OC)cc2c1C(=O)OC(C)C/C=C(/F)C(=O)C(OC)[C@@H](O)C(C)/C=C/2. The summed E-state index contributed by atoms with van der Waals surface area (Å²) in [5.41, 5.74) is 0.527. The Balaban J connectivity index is 2.62. The third-order valence-corrected chi connectivity index (χ3v) is 4.99. The molecule has 0 amide bonds. The average Bonchev–Trinajstić information content (AvgIpc) is 2.78. The van der Waals surface area contributed by atoms with Crippen molar-refractivity contribution in [3.63, 3.8) is 0 Å². The molecule has 0 fully saturated rings. The average molecular weight is 452 g/mol. The zero-order valence-corrected chi connectivity index (χ0v) is 18.8. The minimum absolute atomic E-state index is 0.0546. The molecule has 3 unspecified atom stereocenters. The van der Waals surface area contributed by atoms with Crippen LogP contribution in [-0.4, -0.2) is 63.3 Å². The summed E-state index contributed by atoms with van der Waals surface area (Å²) in [5, 5.41) is 10.6. The Labute approximate surface area is 186 Å². The number of aliphatic hydroxyl groups excluding tert-OH is 1. The third-order valence-electron chi connectivity index (χ3n) is 4.99. The molecule has 0 bridgehead atoms. The number of hydrogen-bond donors (Lipinski definition) is 1. The zero-order valence-electron chi connectivity index (χ0n) is 18.8. The maximum absolute atomic E-state index is 14.4. The Morgan fingerprint density at radius 1 is 1.19 bits per heavy atom. The number of aliphatic hydroxyl groups is 1. The van der Waals surface area contributed by atoms with Crippen molar-refractivity contribution < 1.29 is 42.8 Å². The second-order valence-electron chi connectivity index (χ2n) is 7.37. The molecule has 1 heterocycles. The Morgan fingerprint density at radius 2 is 1.91 bits per heavy atom. The lowest BCUT2D eigenvalue weighted by Gasteiger charge is -2.24. The molecule has 32 heavy (non-hydrogen) atoms. The molecule has 0 saturated heterocycles. The van der Waals surface area contributed by atoms with Crippen LogP contribution in [0.1, 0.15) is 36.2 Å². The third kappa shape index (κ3) is 6.15. The number of Topliss-reactive ketones (excluding diaryl/α,β-unsaturated/α-hetero) is 1. The van der Waals surface area contributed by atoms with E-state index in [1.54, 1.807) is 32.1 Å². The van der Waals surface area contributed by atoms with Crippen molar-refractivity contribution >= 4 is 17.8 Å². The van der Waals surface area contributed by atoms with Gasteiger partial charge in [-0.05, 0) is 24.6 Å². The molecule has 0 spiro atoms. The lowest BCUT2D eigenvalue weighted by Crippen LogP contribution is -2.39. The second-order valence-corrected chi connectivity index (χ2v) is 7.37. The van der Waals surface area contributed by atoms with Crippen molar-refractivity contribution in [3.05, 3.63) is 41.2 Å². The minimum Gasteiger partial charge on any atom is -0.497 e. The Kier molecular flexibility index (Phi) is 9.37. The van der Waals surface area contributed by atoms with Gasteiger partial charge in [-0.1, -0.05) is 19.1 Å². The number of carbonyl (C=O) groups excluding carboxylic acids is 2. The van der Waals surface area contributed by atoms with E-state index in [9.17, 15) is 19.1 Å². The monoisotopic (exact) mass is 452 g/mol. The van der Waals surface area contributed by atoms with Crippen molar-refractivity contribution in [1.29, 1.82) is 0 Å². The number of cyclic esters (lactones) is 1. The molecule has 8 nitrogen and oxygen atoms in total. The highest BCUT2D eigenvalue weighted by molar-refractivity contribution is 5.98. The predicted octanol–water partition coefficient (Wildman–Crippen LogP) is 3.07. The maximum atomic E-state index is 14.4. The second kappa shape index (κ2) is 11.8. The number of rotatable bonds is 5. The van der Waals surface area contributed by atoms with E-state index >= 15 is 0 Å². The Morgan fingerprint density at radius 3 is 2.53 bits per heavy atom. The van der Waals surface area contributed by atoms with E-state index in [1.807, 2.05) is 0 Å². The standard InChI is InChI=1S/C23H29FO8/c1-13-6-8-15-10-16(29-4)11-18(31-12-28-3)19(15)23(27)32-14(2)7-9-17(24)21(26)22(30-5)20(13)25/h6,8-11,13-14,20,22,25H,7,12H2,1-5H3/b8-6+,17-9+/t13?,14?,20-,22?/m0/s1. The van der Waals surface area contributed by atoms with Gasteiger partial charge < -0.3 is 28.8 Å². The lowest BCUT2D eigenvalue weighted by molar-refractivity contribution is -0.134. The van der Waals surface area contributed by atoms with E-state index in [0.29, 0.717) is 11.3 Å². The van der Waals surface area contributed by atoms with Crippen LogP contribution in [0.15, 0.2) is 30.1 Å². The van der Waals surface area contributed by atoms with Crippen LogP contribution in [0.3, 0.4) is 0 Å². The van der Waals surface area contributed by atoms with Gasteiger partial charge in [0.15, 0.2) is 12.6 Å². The van der Waals surface area contributed by atoms with Crippen LogP contribution in [0, 0.1) is 5.92 Å². The summed E-state index contributed by atoms with van der Waals surface area (Å²) in [6, 6.07) is 3.14. The summed E-state index contributed by atoms with van der Waals surface area (Å²) in [4.78, 5) is 25.4. The first-order valence-corrected chi connectivity index (χ1v) is 10.1. The maximum Gasteiger partial charge on any atom is 0.342 e.